The molecule has 0 spiro atoms. The van der Waals surface area contributed by atoms with Crippen molar-refractivity contribution in [3.8, 4) is 11.1 Å². The smallest absolute Gasteiger partial charge is 0.266 e. The van der Waals surface area contributed by atoms with Crippen LogP contribution in [0.15, 0.2) is 30.5 Å². The first-order chi connectivity index (χ1) is 14.0. The highest BCUT2D eigenvalue weighted by Gasteiger charge is 2.21. The molecule has 29 heavy (non-hydrogen) atoms. The second-order valence-electron chi connectivity index (χ2n) is 7.43. The Bertz CT molecular complexity index is 1210. The topological polar surface area (TPSA) is 60.6 Å². The zero-order valence-corrected chi connectivity index (χ0v) is 15.7. The van der Waals surface area contributed by atoms with Gasteiger partial charge >= 0.3 is 0 Å². The standard InChI is InChI=1S/C20H19F3N6/c1-28-10-13-6-11(7-15(20(22)23)18(13)26-28)12-8-16(21)19-17(9-12)25-29(27-19)14-2-4-24-5-3-14/h6-10,14,20,24H,2-5H2,1H3. The molecule has 0 radical (unpaired) electrons. The normalized spacial score (nSPS) is 15.8. The van der Waals surface area contributed by atoms with Crippen molar-refractivity contribution in [3.05, 3.63) is 41.8 Å². The Kier molecular flexibility index (Phi) is 4.27. The van der Waals surface area contributed by atoms with Crippen molar-refractivity contribution in [2.45, 2.75) is 25.3 Å². The molecule has 2 aromatic carbocycles. The molecule has 1 saturated heterocycles. The van der Waals surface area contributed by atoms with Crippen LogP contribution in [0.4, 0.5) is 13.2 Å². The number of fused-ring (bicyclic) bond motifs is 2. The molecule has 1 fully saturated rings. The molecular weight excluding hydrogens is 381 g/mol. The van der Waals surface area contributed by atoms with Crippen LogP contribution in [-0.4, -0.2) is 37.9 Å². The van der Waals surface area contributed by atoms with Crippen LogP contribution in [0, 0.1) is 5.82 Å². The maximum atomic E-state index is 14.8. The second-order valence-corrected chi connectivity index (χ2v) is 7.43. The van der Waals surface area contributed by atoms with Gasteiger partial charge in [0.25, 0.3) is 6.43 Å². The lowest BCUT2D eigenvalue weighted by atomic mass is 10.00. The molecule has 6 nitrogen and oxygen atoms in total. The lowest BCUT2D eigenvalue weighted by molar-refractivity contribution is 0.153. The van der Waals surface area contributed by atoms with Crippen LogP contribution in [0.1, 0.15) is 30.9 Å². The van der Waals surface area contributed by atoms with Crippen LogP contribution >= 0.6 is 0 Å². The van der Waals surface area contributed by atoms with Gasteiger partial charge in [-0.05, 0) is 61.3 Å². The van der Waals surface area contributed by atoms with E-state index in [4.69, 9.17) is 0 Å². The maximum Gasteiger partial charge on any atom is 0.266 e. The van der Waals surface area contributed by atoms with Crippen LogP contribution in [0.2, 0.25) is 0 Å². The summed E-state index contributed by atoms with van der Waals surface area (Å²) >= 11 is 0. The molecule has 2 aromatic heterocycles. The first-order valence-electron chi connectivity index (χ1n) is 9.52. The minimum absolute atomic E-state index is 0.128. The van der Waals surface area contributed by atoms with Gasteiger partial charge < -0.3 is 5.32 Å². The van der Waals surface area contributed by atoms with Crippen LogP contribution in [0.25, 0.3) is 33.1 Å². The fraction of sp³-hybridized carbons (Fsp3) is 0.350. The Hall–Kier alpha value is -2.94. The molecule has 1 aliphatic rings. The third-order valence-corrected chi connectivity index (χ3v) is 5.41. The van der Waals surface area contributed by atoms with Crippen molar-refractivity contribution >= 4 is 21.9 Å². The van der Waals surface area contributed by atoms with Gasteiger partial charge in [-0.25, -0.2) is 13.2 Å². The number of benzene rings is 2. The molecule has 1 aliphatic heterocycles. The van der Waals surface area contributed by atoms with Crippen molar-refractivity contribution in [2.24, 2.45) is 7.05 Å². The summed E-state index contributed by atoms with van der Waals surface area (Å²) in [6.45, 7) is 1.75. The fourth-order valence-electron chi connectivity index (χ4n) is 3.98. The van der Waals surface area contributed by atoms with Gasteiger partial charge in [0.2, 0.25) is 0 Å². The molecule has 0 bridgehead atoms. The van der Waals surface area contributed by atoms with E-state index >= 15 is 0 Å². The van der Waals surface area contributed by atoms with Gasteiger partial charge in [0, 0.05) is 24.2 Å². The number of halogens is 3. The molecular formula is C20H19F3N6. The summed E-state index contributed by atoms with van der Waals surface area (Å²) < 4.78 is 43.5. The predicted octanol–water partition coefficient (Wildman–Crippen LogP) is 3.99. The summed E-state index contributed by atoms with van der Waals surface area (Å²) in [6, 6.07) is 6.28. The zero-order chi connectivity index (χ0) is 20.1. The van der Waals surface area contributed by atoms with Gasteiger partial charge in [0.15, 0.2) is 5.82 Å². The third-order valence-electron chi connectivity index (χ3n) is 5.41. The van der Waals surface area contributed by atoms with E-state index in [2.05, 4.69) is 20.6 Å². The second kappa shape index (κ2) is 6.84. The van der Waals surface area contributed by atoms with E-state index in [-0.39, 0.29) is 22.6 Å². The number of piperidine rings is 1. The Morgan fingerprint density at radius 1 is 1.00 bits per heavy atom. The predicted molar refractivity (Wildman–Crippen MR) is 103 cm³/mol. The van der Waals surface area contributed by atoms with Gasteiger partial charge in [0.1, 0.15) is 16.6 Å². The van der Waals surface area contributed by atoms with Crippen LogP contribution in [0.5, 0.6) is 0 Å². The number of nitrogens with one attached hydrogen (secondary N) is 1. The zero-order valence-electron chi connectivity index (χ0n) is 15.7. The van der Waals surface area contributed by atoms with E-state index in [0.717, 1.165) is 25.9 Å². The Morgan fingerprint density at radius 2 is 1.76 bits per heavy atom. The SMILES string of the molecule is Cn1cc2cc(-c3cc(F)c4nn(C5CCNCC5)nc4c3)cc(C(F)F)c2n1. The minimum Gasteiger partial charge on any atom is -0.317 e. The number of aryl methyl sites for hydroxylation is 1. The van der Waals surface area contributed by atoms with Crippen molar-refractivity contribution in [1.82, 2.24) is 30.1 Å². The number of hydrogen-bond donors (Lipinski definition) is 1. The van der Waals surface area contributed by atoms with Gasteiger partial charge in [-0.2, -0.15) is 15.0 Å². The van der Waals surface area contributed by atoms with Gasteiger partial charge in [-0.15, -0.1) is 5.10 Å². The fourth-order valence-corrected chi connectivity index (χ4v) is 3.98. The summed E-state index contributed by atoms with van der Waals surface area (Å²) in [5.74, 6) is -0.512. The lowest BCUT2D eigenvalue weighted by Crippen LogP contribution is -2.30. The highest BCUT2D eigenvalue weighted by atomic mass is 19.3. The van der Waals surface area contributed by atoms with Gasteiger partial charge in [0.05, 0.1) is 6.04 Å². The molecule has 1 N–H and O–H groups in total. The minimum atomic E-state index is -2.68. The van der Waals surface area contributed by atoms with Crippen molar-refractivity contribution in [2.75, 3.05) is 13.1 Å². The molecule has 0 aliphatic carbocycles. The molecule has 0 amide bonds. The lowest BCUT2D eigenvalue weighted by Gasteiger charge is -2.21. The molecule has 0 atom stereocenters. The summed E-state index contributed by atoms with van der Waals surface area (Å²) in [6.07, 6.45) is 0.754. The molecule has 4 aromatic rings. The van der Waals surface area contributed by atoms with E-state index in [1.54, 1.807) is 30.2 Å². The summed E-state index contributed by atoms with van der Waals surface area (Å²) in [7, 11) is 1.68. The quantitative estimate of drug-likeness (QED) is 0.565. The summed E-state index contributed by atoms with van der Waals surface area (Å²) in [4.78, 5) is 1.59. The summed E-state index contributed by atoms with van der Waals surface area (Å²) in [5.41, 5.74) is 1.69. The molecule has 9 heteroatoms. The maximum absolute atomic E-state index is 14.8. The Labute approximate surface area is 164 Å². The monoisotopic (exact) mass is 400 g/mol. The average molecular weight is 400 g/mol. The van der Waals surface area contributed by atoms with Crippen molar-refractivity contribution in [1.29, 1.82) is 0 Å². The molecule has 150 valence electrons. The number of nitrogens with zero attached hydrogens (tertiary/aromatic N) is 5. The Balaban J connectivity index is 1.63. The number of rotatable bonds is 3. The number of alkyl halides is 2. The van der Waals surface area contributed by atoms with Crippen molar-refractivity contribution < 1.29 is 13.2 Å². The van der Waals surface area contributed by atoms with Crippen LogP contribution in [-0.2, 0) is 7.05 Å². The highest BCUT2D eigenvalue weighted by molar-refractivity contribution is 5.89. The third kappa shape index (κ3) is 3.15. The van der Waals surface area contributed by atoms with Crippen LogP contribution < -0.4 is 5.32 Å². The first-order valence-corrected chi connectivity index (χ1v) is 9.52. The van der Waals surface area contributed by atoms with Gasteiger partial charge in [-0.3, -0.25) is 4.68 Å². The van der Waals surface area contributed by atoms with E-state index in [1.807, 2.05) is 0 Å². The molecule has 3 heterocycles. The van der Waals surface area contributed by atoms with E-state index in [1.165, 1.54) is 16.8 Å². The van der Waals surface area contributed by atoms with E-state index < -0.39 is 12.2 Å². The highest BCUT2D eigenvalue weighted by Crippen LogP contribution is 2.34. The van der Waals surface area contributed by atoms with Crippen LogP contribution in [0.3, 0.4) is 0 Å². The largest absolute Gasteiger partial charge is 0.317 e. The van der Waals surface area contributed by atoms with E-state index in [9.17, 15) is 13.2 Å². The molecule has 5 rings (SSSR count). The molecule has 0 saturated carbocycles. The van der Waals surface area contributed by atoms with E-state index in [0.29, 0.717) is 22.0 Å². The van der Waals surface area contributed by atoms with Gasteiger partial charge in [-0.1, -0.05) is 0 Å². The number of hydrogen-bond acceptors (Lipinski definition) is 4. The average Bonchev–Trinajstić information content (AvgIpc) is 3.30. The molecule has 0 unspecified atom stereocenters. The number of aromatic nitrogens is 5. The Morgan fingerprint density at radius 3 is 2.52 bits per heavy atom. The summed E-state index contributed by atoms with van der Waals surface area (Å²) in [5, 5.41) is 16.8. The first kappa shape index (κ1) is 18.1. The van der Waals surface area contributed by atoms with Crippen molar-refractivity contribution in [3.63, 3.8) is 0 Å².